The molecule has 6 heteroatoms. The van der Waals surface area contributed by atoms with Crippen molar-refractivity contribution in [3.63, 3.8) is 0 Å². The van der Waals surface area contributed by atoms with E-state index in [1.165, 1.54) is 7.11 Å². The molecule has 1 N–H and O–H groups in total. The Balaban J connectivity index is 3.16. The van der Waals surface area contributed by atoms with Gasteiger partial charge in [0, 0.05) is 7.11 Å². The van der Waals surface area contributed by atoms with Crippen LogP contribution in [0.4, 0.5) is 0 Å². The molecular formula is C5H12O5S. The van der Waals surface area contributed by atoms with Gasteiger partial charge in [-0.1, -0.05) is 0 Å². The highest BCUT2D eigenvalue weighted by Crippen LogP contribution is 1.89. The van der Waals surface area contributed by atoms with E-state index < -0.39 is 10.1 Å². The van der Waals surface area contributed by atoms with Gasteiger partial charge in [-0.15, -0.1) is 0 Å². The number of hydrogen-bond acceptors (Lipinski definition) is 4. The van der Waals surface area contributed by atoms with E-state index in [0.717, 1.165) is 0 Å². The normalized spacial score (nSPS) is 11.8. The molecular weight excluding hydrogens is 172 g/mol. The lowest BCUT2D eigenvalue weighted by Gasteiger charge is -2.00. The zero-order valence-electron chi connectivity index (χ0n) is 6.32. The molecule has 0 saturated heterocycles. The Kier molecular flexibility index (Phi) is 5.39. The first kappa shape index (κ1) is 10.8. The van der Waals surface area contributed by atoms with Gasteiger partial charge >= 0.3 is 0 Å². The Bertz CT molecular complexity index is 173. The van der Waals surface area contributed by atoms with Gasteiger partial charge in [-0.3, -0.25) is 4.55 Å². The largest absolute Gasteiger partial charge is 0.359 e. The molecule has 0 spiro atoms. The maximum Gasteiger partial charge on any atom is 0.264 e. The number of ether oxygens (including phenoxy) is 2. The van der Waals surface area contributed by atoms with Crippen molar-refractivity contribution in [3.8, 4) is 0 Å². The van der Waals surface area contributed by atoms with Gasteiger partial charge in [-0.25, -0.2) is 0 Å². The fourth-order valence-electron chi connectivity index (χ4n) is 0.486. The number of rotatable bonds is 6. The third kappa shape index (κ3) is 9.83. The summed E-state index contributed by atoms with van der Waals surface area (Å²) in [7, 11) is -2.36. The van der Waals surface area contributed by atoms with Gasteiger partial charge in [0.1, 0.15) is 6.79 Å². The van der Waals surface area contributed by atoms with Crippen LogP contribution >= 0.6 is 0 Å². The minimum absolute atomic E-state index is 0.144. The monoisotopic (exact) mass is 184 g/mol. The minimum atomic E-state index is -3.83. The van der Waals surface area contributed by atoms with Gasteiger partial charge in [0.2, 0.25) is 0 Å². The van der Waals surface area contributed by atoms with E-state index in [1.54, 1.807) is 0 Å². The highest BCUT2D eigenvalue weighted by Gasteiger charge is 2.02. The molecule has 68 valence electrons. The smallest absolute Gasteiger partial charge is 0.264 e. The summed E-state index contributed by atoms with van der Waals surface area (Å²) in [6, 6.07) is 0. The molecule has 0 rings (SSSR count). The van der Waals surface area contributed by atoms with Crippen LogP contribution in [0, 0.1) is 0 Å². The maximum atomic E-state index is 10.1. The quantitative estimate of drug-likeness (QED) is 0.354. The molecule has 0 aromatic heterocycles. The molecule has 0 saturated carbocycles. The molecule has 0 aliphatic rings. The molecule has 0 bridgehead atoms. The third-order valence-corrected chi connectivity index (χ3v) is 1.70. The van der Waals surface area contributed by atoms with Gasteiger partial charge in [-0.2, -0.15) is 8.42 Å². The topological polar surface area (TPSA) is 72.8 Å². The van der Waals surface area contributed by atoms with E-state index in [-0.39, 0.29) is 25.6 Å². The van der Waals surface area contributed by atoms with Crippen LogP contribution in [0.1, 0.15) is 6.42 Å². The van der Waals surface area contributed by atoms with Crippen LogP contribution in [-0.4, -0.2) is 39.2 Å². The molecule has 0 amide bonds. The van der Waals surface area contributed by atoms with Gasteiger partial charge in [0.05, 0.1) is 12.4 Å². The molecule has 0 unspecified atom stereocenters. The first-order chi connectivity index (χ1) is 5.06. The molecule has 0 fully saturated rings. The van der Waals surface area contributed by atoms with E-state index in [9.17, 15) is 8.42 Å². The standard InChI is InChI=1S/C5H12O5S/c1-9-5-10-3-2-4-11(6,7)8/h2-5H2,1H3,(H,6,7,8). The van der Waals surface area contributed by atoms with Crippen LogP contribution in [0.3, 0.4) is 0 Å². The molecule has 0 aromatic rings. The first-order valence-electron chi connectivity index (χ1n) is 3.08. The Morgan fingerprint density at radius 2 is 2.09 bits per heavy atom. The predicted molar refractivity (Wildman–Crippen MR) is 38.9 cm³/mol. The van der Waals surface area contributed by atoms with Crippen LogP contribution in [0.2, 0.25) is 0 Å². The highest BCUT2D eigenvalue weighted by molar-refractivity contribution is 7.85. The molecule has 5 nitrogen and oxygen atoms in total. The molecule has 11 heavy (non-hydrogen) atoms. The second-order valence-corrected chi connectivity index (χ2v) is 3.53. The summed E-state index contributed by atoms with van der Waals surface area (Å²) in [5.74, 6) is -0.267. The van der Waals surface area contributed by atoms with Crippen LogP contribution in [-0.2, 0) is 19.6 Å². The number of methoxy groups -OCH3 is 1. The summed E-state index contributed by atoms with van der Waals surface area (Å²) < 4.78 is 37.8. The SMILES string of the molecule is COCOCCCS(=O)(=O)O. The maximum absolute atomic E-state index is 10.1. The average Bonchev–Trinajstić information content (AvgIpc) is 1.85. The Morgan fingerprint density at radius 1 is 1.45 bits per heavy atom. The van der Waals surface area contributed by atoms with Crippen molar-refractivity contribution in [3.05, 3.63) is 0 Å². The average molecular weight is 184 g/mol. The number of hydrogen-bond donors (Lipinski definition) is 1. The van der Waals surface area contributed by atoms with Crippen LogP contribution in [0.15, 0.2) is 0 Å². The van der Waals surface area contributed by atoms with Gasteiger partial charge in [0.15, 0.2) is 0 Å². The lowest BCUT2D eigenvalue weighted by Crippen LogP contribution is -2.07. The molecule has 0 aliphatic carbocycles. The van der Waals surface area contributed by atoms with Crippen molar-refractivity contribution < 1.29 is 22.4 Å². The summed E-state index contributed by atoms with van der Waals surface area (Å²) in [5, 5.41) is 0. The zero-order valence-corrected chi connectivity index (χ0v) is 7.13. The molecule has 0 atom stereocenters. The lowest BCUT2D eigenvalue weighted by molar-refractivity contribution is -0.0299. The Hall–Kier alpha value is -0.170. The van der Waals surface area contributed by atoms with Crippen LogP contribution < -0.4 is 0 Å². The fraction of sp³-hybridized carbons (Fsp3) is 1.00. The fourth-order valence-corrected chi connectivity index (χ4v) is 0.968. The summed E-state index contributed by atoms with van der Waals surface area (Å²) in [6.45, 7) is 0.416. The summed E-state index contributed by atoms with van der Waals surface area (Å²) in [6.07, 6.45) is 0.280. The summed E-state index contributed by atoms with van der Waals surface area (Å²) in [4.78, 5) is 0. The summed E-state index contributed by atoms with van der Waals surface area (Å²) in [5.41, 5.74) is 0. The van der Waals surface area contributed by atoms with Crippen molar-refractivity contribution >= 4 is 10.1 Å². The van der Waals surface area contributed by atoms with Crippen LogP contribution in [0.25, 0.3) is 0 Å². The van der Waals surface area contributed by atoms with Crippen molar-refractivity contribution in [2.75, 3.05) is 26.3 Å². The second kappa shape index (κ2) is 5.48. The van der Waals surface area contributed by atoms with Gasteiger partial charge in [-0.05, 0) is 6.42 Å². The molecule has 0 aromatic carbocycles. The Labute approximate surface area is 66.1 Å². The third-order valence-electron chi connectivity index (χ3n) is 0.892. The minimum Gasteiger partial charge on any atom is -0.359 e. The zero-order chi connectivity index (χ0) is 8.74. The molecule has 0 radical (unpaired) electrons. The Morgan fingerprint density at radius 3 is 2.55 bits per heavy atom. The lowest BCUT2D eigenvalue weighted by atomic mass is 10.5. The van der Waals surface area contributed by atoms with E-state index in [2.05, 4.69) is 4.74 Å². The molecule has 0 heterocycles. The van der Waals surface area contributed by atoms with Gasteiger partial charge in [0.25, 0.3) is 10.1 Å². The van der Waals surface area contributed by atoms with Crippen molar-refractivity contribution in [2.45, 2.75) is 6.42 Å². The van der Waals surface area contributed by atoms with Crippen molar-refractivity contribution in [1.82, 2.24) is 0 Å². The summed E-state index contributed by atoms with van der Waals surface area (Å²) >= 11 is 0. The second-order valence-electron chi connectivity index (χ2n) is 1.95. The first-order valence-corrected chi connectivity index (χ1v) is 4.69. The van der Waals surface area contributed by atoms with Crippen LogP contribution in [0.5, 0.6) is 0 Å². The van der Waals surface area contributed by atoms with Crippen molar-refractivity contribution in [2.24, 2.45) is 0 Å². The van der Waals surface area contributed by atoms with E-state index in [0.29, 0.717) is 0 Å². The molecule has 0 aliphatic heterocycles. The van der Waals surface area contributed by atoms with E-state index >= 15 is 0 Å². The predicted octanol–water partition coefficient (Wildman–Crippen LogP) is -0.115. The van der Waals surface area contributed by atoms with E-state index in [4.69, 9.17) is 9.29 Å². The van der Waals surface area contributed by atoms with Gasteiger partial charge < -0.3 is 9.47 Å². The van der Waals surface area contributed by atoms with Crippen molar-refractivity contribution in [1.29, 1.82) is 0 Å². The highest BCUT2D eigenvalue weighted by atomic mass is 32.2. The van der Waals surface area contributed by atoms with E-state index in [1.807, 2.05) is 0 Å².